The van der Waals surface area contributed by atoms with Crippen molar-refractivity contribution in [2.45, 2.75) is 6.54 Å². The number of hydrogen-bond acceptors (Lipinski definition) is 3. The average Bonchev–Trinajstić information content (AvgIpc) is 2.66. The lowest BCUT2D eigenvalue weighted by molar-refractivity contribution is 0.509. The third-order valence-electron chi connectivity index (χ3n) is 2.18. The standard InChI is InChI=1S/C10H10F2N4/c1-16-6-14-15-10(16)5-13-7-2-3-8(11)9(12)4-7/h2-4,6,13H,5H2,1H3. The van der Waals surface area contributed by atoms with E-state index in [-0.39, 0.29) is 0 Å². The number of hydrogen-bond donors (Lipinski definition) is 1. The molecular weight excluding hydrogens is 214 g/mol. The summed E-state index contributed by atoms with van der Waals surface area (Å²) in [5.41, 5.74) is 0.502. The summed E-state index contributed by atoms with van der Waals surface area (Å²) in [7, 11) is 1.81. The van der Waals surface area contributed by atoms with Crippen LogP contribution in [-0.2, 0) is 13.6 Å². The number of aromatic nitrogens is 3. The van der Waals surface area contributed by atoms with Crippen molar-refractivity contribution in [3.63, 3.8) is 0 Å². The Morgan fingerprint density at radius 1 is 1.31 bits per heavy atom. The number of aryl methyl sites for hydroxylation is 1. The SMILES string of the molecule is Cn1cnnc1CNc1ccc(F)c(F)c1. The molecule has 0 aliphatic heterocycles. The zero-order valence-electron chi connectivity index (χ0n) is 8.61. The highest BCUT2D eigenvalue weighted by molar-refractivity contribution is 5.43. The molecule has 1 aromatic carbocycles. The van der Waals surface area contributed by atoms with Crippen LogP contribution in [0.4, 0.5) is 14.5 Å². The van der Waals surface area contributed by atoms with Gasteiger partial charge in [0.25, 0.3) is 0 Å². The normalized spacial score (nSPS) is 10.4. The largest absolute Gasteiger partial charge is 0.378 e. The Bertz CT molecular complexity index is 495. The highest BCUT2D eigenvalue weighted by atomic mass is 19.2. The van der Waals surface area contributed by atoms with Crippen molar-refractivity contribution in [2.75, 3.05) is 5.32 Å². The zero-order chi connectivity index (χ0) is 11.5. The minimum absolute atomic E-state index is 0.404. The first kappa shape index (κ1) is 10.5. The molecule has 4 nitrogen and oxygen atoms in total. The maximum absolute atomic E-state index is 12.9. The van der Waals surface area contributed by atoms with Gasteiger partial charge in [-0.1, -0.05) is 0 Å². The fourth-order valence-corrected chi connectivity index (χ4v) is 1.25. The van der Waals surface area contributed by atoms with Gasteiger partial charge in [0, 0.05) is 18.8 Å². The van der Waals surface area contributed by atoms with E-state index in [1.54, 1.807) is 10.9 Å². The summed E-state index contributed by atoms with van der Waals surface area (Å²) in [5.74, 6) is -1.02. The molecule has 0 aliphatic rings. The lowest BCUT2D eigenvalue weighted by Crippen LogP contribution is -2.06. The molecule has 0 fully saturated rings. The fraction of sp³-hybridized carbons (Fsp3) is 0.200. The second-order valence-corrected chi connectivity index (χ2v) is 3.34. The molecule has 0 bridgehead atoms. The van der Waals surface area contributed by atoms with Crippen LogP contribution in [0.25, 0.3) is 0 Å². The van der Waals surface area contributed by atoms with Crippen molar-refractivity contribution in [3.8, 4) is 0 Å². The minimum atomic E-state index is -0.872. The monoisotopic (exact) mass is 224 g/mol. The van der Waals surface area contributed by atoms with Gasteiger partial charge in [0.2, 0.25) is 0 Å². The Labute approximate surface area is 90.9 Å². The molecule has 0 amide bonds. The zero-order valence-corrected chi connectivity index (χ0v) is 8.61. The molecule has 0 aliphatic carbocycles. The number of nitrogens with zero attached hydrogens (tertiary/aromatic N) is 3. The second-order valence-electron chi connectivity index (χ2n) is 3.34. The van der Waals surface area contributed by atoms with Gasteiger partial charge in [-0.2, -0.15) is 0 Å². The van der Waals surface area contributed by atoms with E-state index in [1.807, 2.05) is 7.05 Å². The van der Waals surface area contributed by atoms with Gasteiger partial charge in [-0.25, -0.2) is 8.78 Å². The summed E-state index contributed by atoms with van der Waals surface area (Å²) in [6.45, 7) is 0.404. The molecule has 2 rings (SSSR count). The van der Waals surface area contributed by atoms with Gasteiger partial charge in [0.05, 0.1) is 6.54 Å². The number of benzene rings is 1. The first-order valence-electron chi connectivity index (χ1n) is 4.68. The van der Waals surface area contributed by atoms with E-state index in [2.05, 4.69) is 15.5 Å². The van der Waals surface area contributed by atoms with Gasteiger partial charge in [-0.05, 0) is 12.1 Å². The number of rotatable bonds is 3. The Hall–Kier alpha value is -1.98. The molecule has 16 heavy (non-hydrogen) atoms. The molecule has 1 N–H and O–H groups in total. The van der Waals surface area contributed by atoms with Crippen molar-refractivity contribution in [1.82, 2.24) is 14.8 Å². The fourth-order valence-electron chi connectivity index (χ4n) is 1.25. The van der Waals surface area contributed by atoms with Crippen LogP contribution in [0.5, 0.6) is 0 Å². The molecule has 0 spiro atoms. The lowest BCUT2D eigenvalue weighted by atomic mass is 10.3. The quantitative estimate of drug-likeness (QED) is 0.863. The number of nitrogens with one attached hydrogen (secondary N) is 1. The maximum Gasteiger partial charge on any atom is 0.160 e. The topological polar surface area (TPSA) is 42.7 Å². The Kier molecular flexibility index (Phi) is 2.80. The predicted molar refractivity (Wildman–Crippen MR) is 54.7 cm³/mol. The molecule has 1 aromatic heterocycles. The van der Waals surface area contributed by atoms with Gasteiger partial charge in [0.15, 0.2) is 17.5 Å². The van der Waals surface area contributed by atoms with Crippen LogP contribution in [0, 0.1) is 11.6 Å². The molecule has 0 saturated heterocycles. The Balaban J connectivity index is 2.05. The van der Waals surface area contributed by atoms with Crippen LogP contribution in [0.3, 0.4) is 0 Å². The summed E-state index contributed by atoms with van der Waals surface area (Å²) >= 11 is 0. The van der Waals surface area contributed by atoms with Crippen LogP contribution in [0.1, 0.15) is 5.82 Å². The van der Waals surface area contributed by atoms with Crippen molar-refractivity contribution in [3.05, 3.63) is 42.0 Å². The van der Waals surface area contributed by atoms with Crippen molar-refractivity contribution in [2.24, 2.45) is 7.05 Å². The van der Waals surface area contributed by atoms with Gasteiger partial charge < -0.3 is 9.88 Å². The molecule has 0 radical (unpaired) electrons. The van der Waals surface area contributed by atoms with E-state index in [4.69, 9.17) is 0 Å². The van der Waals surface area contributed by atoms with E-state index < -0.39 is 11.6 Å². The summed E-state index contributed by atoms with van der Waals surface area (Å²) in [4.78, 5) is 0. The molecule has 0 unspecified atom stereocenters. The highest BCUT2D eigenvalue weighted by Gasteiger charge is 2.03. The molecule has 1 heterocycles. The summed E-state index contributed by atoms with van der Waals surface area (Å²) in [6.07, 6.45) is 1.57. The first-order valence-corrected chi connectivity index (χ1v) is 4.68. The average molecular weight is 224 g/mol. The molecule has 84 valence electrons. The van der Waals surface area contributed by atoms with Crippen molar-refractivity contribution < 1.29 is 8.78 Å². The molecule has 0 saturated carbocycles. The van der Waals surface area contributed by atoms with Crippen LogP contribution in [0.2, 0.25) is 0 Å². The van der Waals surface area contributed by atoms with E-state index in [0.29, 0.717) is 18.1 Å². The third kappa shape index (κ3) is 2.16. The maximum atomic E-state index is 12.9. The van der Waals surface area contributed by atoms with Gasteiger partial charge in [0.1, 0.15) is 6.33 Å². The summed E-state index contributed by atoms with van der Waals surface area (Å²) in [5, 5.41) is 10.5. The lowest BCUT2D eigenvalue weighted by Gasteiger charge is -2.05. The third-order valence-corrected chi connectivity index (χ3v) is 2.18. The second kappa shape index (κ2) is 4.26. The minimum Gasteiger partial charge on any atom is -0.378 e. The highest BCUT2D eigenvalue weighted by Crippen LogP contribution is 2.13. The van der Waals surface area contributed by atoms with Crippen LogP contribution < -0.4 is 5.32 Å². The van der Waals surface area contributed by atoms with E-state index in [9.17, 15) is 8.78 Å². The summed E-state index contributed by atoms with van der Waals surface area (Å²) < 4.78 is 27.3. The van der Waals surface area contributed by atoms with E-state index in [1.165, 1.54) is 6.07 Å². The van der Waals surface area contributed by atoms with Crippen LogP contribution in [-0.4, -0.2) is 14.8 Å². The molecule has 0 atom stereocenters. The van der Waals surface area contributed by atoms with Crippen molar-refractivity contribution in [1.29, 1.82) is 0 Å². The Morgan fingerprint density at radius 3 is 2.75 bits per heavy atom. The van der Waals surface area contributed by atoms with E-state index in [0.717, 1.165) is 12.1 Å². The van der Waals surface area contributed by atoms with Gasteiger partial charge >= 0.3 is 0 Å². The van der Waals surface area contributed by atoms with Crippen LogP contribution in [0.15, 0.2) is 24.5 Å². The van der Waals surface area contributed by atoms with E-state index >= 15 is 0 Å². The number of halogens is 2. The molecule has 2 aromatic rings. The van der Waals surface area contributed by atoms with Gasteiger partial charge in [-0.15, -0.1) is 10.2 Å². The summed E-state index contributed by atoms with van der Waals surface area (Å²) in [6, 6.07) is 3.65. The van der Waals surface area contributed by atoms with Crippen LogP contribution >= 0.6 is 0 Å². The Morgan fingerprint density at radius 2 is 2.12 bits per heavy atom. The first-order chi connectivity index (χ1) is 7.66. The van der Waals surface area contributed by atoms with Gasteiger partial charge in [-0.3, -0.25) is 0 Å². The number of anilines is 1. The predicted octanol–water partition coefficient (Wildman–Crippen LogP) is 1.71. The molecule has 6 heteroatoms. The van der Waals surface area contributed by atoms with Crippen molar-refractivity contribution >= 4 is 5.69 Å². The smallest absolute Gasteiger partial charge is 0.160 e. The molecular formula is C10H10F2N4.